The molecule has 1 aliphatic rings. The van der Waals surface area contributed by atoms with E-state index in [0.29, 0.717) is 12.4 Å². The number of hydrogen-bond acceptors (Lipinski definition) is 4. The van der Waals surface area contributed by atoms with E-state index in [0.717, 1.165) is 0 Å². The van der Waals surface area contributed by atoms with E-state index >= 15 is 0 Å². The first-order valence-electron chi connectivity index (χ1n) is 5.97. The van der Waals surface area contributed by atoms with E-state index in [1.807, 2.05) is 0 Å². The van der Waals surface area contributed by atoms with E-state index in [2.05, 4.69) is 0 Å². The monoisotopic (exact) mass is 292 g/mol. The van der Waals surface area contributed by atoms with E-state index < -0.39 is 12.3 Å². The molecule has 1 fully saturated rings. The van der Waals surface area contributed by atoms with Crippen molar-refractivity contribution in [2.45, 2.75) is 18.4 Å². The van der Waals surface area contributed by atoms with Crippen LogP contribution in [0.25, 0.3) is 0 Å². The molecule has 4 nitrogen and oxygen atoms in total. The molecular formula is C13H15F3O4. The van der Waals surface area contributed by atoms with Crippen LogP contribution in [0.1, 0.15) is 11.7 Å². The van der Waals surface area contributed by atoms with Gasteiger partial charge < -0.3 is 18.9 Å². The Kier molecular flexibility index (Phi) is 4.39. The van der Waals surface area contributed by atoms with E-state index in [1.165, 1.54) is 32.4 Å². The van der Waals surface area contributed by atoms with Crippen molar-refractivity contribution in [1.82, 2.24) is 0 Å². The zero-order valence-corrected chi connectivity index (χ0v) is 11.1. The Morgan fingerprint density at radius 2 is 2.00 bits per heavy atom. The number of halogens is 3. The van der Waals surface area contributed by atoms with Crippen molar-refractivity contribution in [3.63, 3.8) is 0 Å². The van der Waals surface area contributed by atoms with Gasteiger partial charge >= 0.3 is 6.18 Å². The molecule has 0 saturated carbocycles. The Balaban J connectivity index is 2.29. The molecule has 7 heteroatoms. The third kappa shape index (κ3) is 3.55. The van der Waals surface area contributed by atoms with Crippen molar-refractivity contribution in [3.8, 4) is 11.5 Å². The molecule has 1 aliphatic heterocycles. The lowest BCUT2D eigenvalue weighted by Crippen LogP contribution is -2.25. The zero-order valence-electron chi connectivity index (χ0n) is 11.1. The van der Waals surface area contributed by atoms with Gasteiger partial charge in [-0.3, -0.25) is 0 Å². The van der Waals surface area contributed by atoms with Crippen molar-refractivity contribution in [2.24, 2.45) is 0 Å². The summed E-state index contributed by atoms with van der Waals surface area (Å²) in [5.74, 6) is 0.408. The number of rotatable bonds is 6. The van der Waals surface area contributed by atoms with Gasteiger partial charge in [0.05, 0.1) is 27.4 Å². The maximum absolute atomic E-state index is 13.2. The molecular weight excluding hydrogens is 277 g/mol. The van der Waals surface area contributed by atoms with Gasteiger partial charge in [0.25, 0.3) is 0 Å². The molecule has 112 valence electrons. The molecule has 1 heterocycles. The average molecular weight is 292 g/mol. The minimum atomic E-state index is -4.55. The predicted octanol–water partition coefficient (Wildman–Crippen LogP) is 2.72. The molecule has 2 rings (SSSR count). The molecule has 0 N–H and O–H groups in total. The van der Waals surface area contributed by atoms with Crippen LogP contribution >= 0.6 is 0 Å². The Hall–Kier alpha value is -1.47. The van der Waals surface area contributed by atoms with Crippen LogP contribution in [0.3, 0.4) is 0 Å². The molecule has 0 radical (unpaired) electrons. The maximum Gasteiger partial charge on any atom is 0.419 e. The number of hydrogen-bond donors (Lipinski definition) is 0. The zero-order chi connectivity index (χ0) is 14.8. The van der Waals surface area contributed by atoms with E-state index in [9.17, 15) is 13.2 Å². The molecule has 0 amide bonds. The van der Waals surface area contributed by atoms with Gasteiger partial charge in [0.2, 0.25) is 0 Å². The van der Waals surface area contributed by atoms with E-state index in [1.54, 1.807) is 0 Å². The smallest absolute Gasteiger partial charge is 0.419 e. The number of benzene rings is 1. The highest BCUT2D eigenvalue weighted by molar-refractivity contribution is 5.42. The van der Waals surface area contributed by atoms with Crippen molar-refractivity contribution in [1.29, 1.82) is 0 Å². The van der Waals surface area contributed by atoms with Gasteiger partial charge in [-0.15, -0.1) is 0 Å². The van der Waals surface area contributed by atoms with Crippen LogP contribution in [-0.4, -0.2) is 39.7 Å². The Morgan fingerprint density at radius 3 is 2.50 bits per heavy atom. The van der Waals surface area contributed by atoms with Gasteiger partial charge in [0.1, 0.15) is 17.6 Å². The van der Waals surface area contributed by atoms with Crippen LogP contribution in [0.5, 0.6) is 11.5 Å². The average Bonchev–Trinajstić information content (AvgIpc) is 3.21. The van der Waals surface area contributed by atoms with Crippen molar-refractivity contribution in [3.05, 3.63) is 23.8 Å². The van der Waals surface area contributed by atoms with Crippen LogP contribution in [0.4, 0.5) is 13.2 Å². The molecule has 20 heavy (non-hydrogen) atoms. The molecule has 2 atom stereocenters. The van der Waals surface area contributed by atoms with Crippen LogP contribution in [-0.2, 0) is 9.47 Å². The van der Waals surface area contributed by atoms with Crippen LogP contribution in [0, 0.1) is 0 Å². The highest BCUT2D eigenvalue weighted by Gasteiger charge is 2.44. The van der Waals surface area contributed by atoms with E-state index in [4.69, 9.17) is 18.9 Å². The summed E-state index contributed by atoms with van der Waals surface area (Å²) in [6, 6.07) is 4.22. The number of methoxy groups -OCH3 is 2. The summed E-state index contributed by atoms with van der Waals surface area (Å²) in [4.78, 5) is 0. The molecule has 1 aromatic carbocycles. The largest absolute Gasteiger partial charge is 0.497 e. The third-order valence-electron chi connectivity index (χ3n) is 2.87. The summed E-state index contributed by atoms with van der Waals surface area (Å²) < 4.78 is 59.3. The Bertz CT molecular complexity index is 457. The molecule has 0 bridgehead atoms. The molecule has 0 aliphatic carbocycles. The Morgan fingerprint density at radius 1 is 1.30 bits per heavy atom. The predicted molar refractivity (Wildman–Crippen MR) is 64.0 cm³/mol. The standard InChI is InChI=1S/C13H15F3O4/c1-17-8-3-4-11(18-2)10(5-8)12(13(14,15)16)20-7-9-6-19-9/h3-5,9,12H,6-7H2,1-2H3/t9-,12-/m1/s1. The second-order valence-corrected chi connectivity index (χ2v) is 4.32. The fourth-order valence-corrected chi connectivity index (χ4v) is 1.77. The van der Waals surface area contributed by atoms with Crippen molar-refractivity contribution >= 4 is 0 Å². The molecule has 1 aromatic rings. The molecule has 1 saturated heterocycles. The van der Waals surface area contributed by atoms with Gasteiger partial charge in [-0.05, 0) is 18.2 Å². The van der Waals surface area contributed by atoms with Gasteiger partial charge in [-0.25, -0.2) is 0 Å². The van der Waals surface area contributed by atoms with E-state index in [-0.39, 0.29) is 24.0 Å². The Labute approximate surface area is 114 Å². The van der Waals surface area contributed by atoms with Gasteiger partial charge in [0, 0.05) is 5.56 Å². The summed E-state index contributed by atoms with van der Waals surface area (Å²) in [5.41, 5.74) is -0.111. The second-order valence-electron chi connectivity index (χ2n) is 4.32. The fraction of sp³-hybridized carbons (Fsp3) is 0.538. The van der Waals surface area contributed by atoms with Crippen molar-refractivity contribution < 1.29 is 32.1 Å². The number of epoxide rings is 1. The van der Waals surface area contributed by atoms with Crippen LogP contribution in [0.2, 0.25) is 0 Å². The van der Waals surface area contributed by atoms with Crippen molar-refractivity contribution in [2.75, 3.05) is 27.4 Å². The number of ether oxygens (including phenoxy) is 4. The lowest BCUT2D eigenvalue weighted by Gasteiger charge is -2.23. The molecule has 0 unspecified atom stereocenters. The first-order chi connectivity index (χ1) is 9.45. The first-order valence-corrected chi connectivity index (χ1v) is 5.97. The van der Waals surface area contributed by atoms with Crippen LogP contribution < -0.4 is 9.47 Å². The summed E-state index contributed by atoms with van der Waals surface area (Å²) in [7, 11) is 2.69. The van der Waals surface area contributed by atoms with Gasteiger partial charge in [-0.1, -0.05) is 0 Å². The lowest BCUT2D eigenvalue weighted by atomic mass is 10.1. The topological polar surface area (TPSA) is 40.2 Å². The normalized spacial score (nSPS) is 19.6. The lowest BCUT2D eigenvalue weighted by molar-refractivity contribution is -0.225. The molecule has 0 spiro atoms. The first kappa shape index (κ1) is 14.9. The molecule has 0 aromatic heterocycles. The summed E-state index contributed by atoms with van der Waals surface area (Å²) >= 11 is 0. The quantitative estimate of drug-likeness (QED) is 0.756. The maximum atomic E-state index is 13.2. The SMILES string of the molecule is COc1ccc(OC)c([C@@H](OC[C@H]2CO2)C(F)(F)F)c1. The fourth-order valence-electron chi connectivity index (χ4n) is 1.77. The van der Waals surface area contributed by atoms with Gasteiger partial charge in [-0.2, -0.15) is 13.2 Å². The minimum Gasteiger partial charge on any atom is -0.497 e. The number of alkyl halides is 3. The second kappa shape index (κ2) is 5.88. The van der Waals surface area contributed by atoms with Crippen LogP contribution in [0.15, 0.2) is 18.2 Å². The van der Waals surface area contributed by atoms with Gasteiger partial charge in [0.15, 0.2) is 6.10 Å². The summed E-state index contributed by atoms with van der Waals surface area (Å²) in [6.07, 6.45) is -6.87. The summed E-state index contributed by atoms with van der Waals surface area (Å²) in [5, 5.41) is 0. The third-order valence-corrected chi connectivity index (χ3v) is 2.87. The highest BCUT2D eigenvalue weighted by Crippen LogP contribution is 2.41. The minimum absolute atomic E-state index is 0.102. The summed E-state index contributed by atoms with van der Waals surface area (Å²) in [6.45, 7) is 0.324. The highest BCUT2D eigenvalue weighted by atomic mass is 19.4.